The van der Waals surface area contributed by atoms with Crippen LogP contribution in [0.3, 0.4) is 0 Å². The fraction of sp³-hybridized carbons (Fsp3) is 0.353. The van der Waals surface area contributed by atoms with Crippen LogP contribution < -0.4 is 10.7 Å². The summed E-state index contributed by atoms with van der Waals surface area (Å²) in [5.41, 5.74) is 3.85. The summed E-state index contributed by atoms with van der Waals surface area (Å²) in [5, 5.41) is 4.17. The van der Waals surface area contributed by atoms with Crippen LogP contribution in [0.2, 0.25) is 0 Å². The molecular formula is C17H19N3O4. The molecule has 1 atom stereocenters. The third kappa shape index (κ3) is 2.62. The Labute approximate surface area is 139 Å². The average molecular weight is 329 g/mol. The molecule has 0 radical (unpaired) electrons. The van der Waals surface area contributed by atoms with Crippen molar-refractivity contribution in [3.63, 3.8) is 0 Å². The topological polar surface area (TPSA) is 91.7 Å². The van der Waals surface area contributed by atoms with Gasteiger partial charge in [-0.05, 0) is 31.9 Å². The molecule has 0 aliphatic carbocycles. The van der Waals surface area contributed by atoms with Crippen LogP contribution >= 0.6 is 0 Å². The second kappa shape index (κ2) is 5.67. The monoisotopic (exact) mass is 329 g/mol. The highest BCUT2D eigenvalue weighted by Gasteiger charge is 2.47. The normalized spacial score (nSPS) is 20.5. The molecule has 1 aromatic heterocycles. The standard InChI is InChI=1S/C17H19N3O4/c1-4-17(3)15(22)20(16(23)18-17)19-14(21)8-11-9-24-13-7-10(2)5-6-12(11)13/h5-7,9H,4,8H2,1-3H3,(H,18,23)(H,19,21)/t17-/m0/s1. The number of furan rings is 1. The van der Waals surface area contributed by atoms with Crippen LogP contribution in [0.25, 0.3) is 11.0 Å². The third-order valence-electron chi connectivity index (χ3n) is 4.37. The van der Waals surface area contributed by atoms with Crippen molar-refractivity contribution in [2.75, 3.05) is 0 Å². The Morgan fingerprint density at radius 1 is 1.38 bits per heavy atom. The zero-order chi connectivity index (χ0) is 17.5. The predicted octanol–water partition coefficient (Wildman–Crippen LogP) is 2.04. The van der Waals surface area contributed by atoms with Crippen molar-refractivity contribution in [2.24, 2.45) is 0 Å². The molecule has 4 amide bonds. The molecule has 7 nitrogen and oxygen atoms in total. The zero-order valence-corrected chi connectivity index (χ0v) is 13.8. The van der Waals surface area contributed by atoms with Crippen LogP contribution in [0.15, 0.2) is 28.9 Å². The van der Waals surface area contributed by atoms with Crippen molar-refractivity contribution >= 4 is 28.8 Å². The van der Waals surface area contributed by atoms with Gasteiger partial charge >= 0.3 is 6.03 Å². The fourth-order valence-electron chi connectivity index (χ4n) is 2.69. The van der Waals surface area contributed by atoms with Gasteiger partial charge in [-0.25, -0.2) is 4.79 Å². The summed E-state index contributed by atoms with van der Waals surface area (Å²) >= 11 is 0. The number of nitrogens with one attached hydrogen (secondary N) is 2. The highest BCUT2D eigenvalue weighted by atomic mass is 16.3. The number of hydrogen-bond donors (Lipinski definition) is 2. The van der Waals surface area contributed by atoms with Crippen LogP contribution in [0, 0.1) is 6.92 Å². The first-order valence-electron chi connectivity index (χ1n) is 7.77. The van der Waals surface area contributed by atoms with E-state index in [9.17, 15) is 14.4 Å². The first-order chi connectivity index (χ1) is 11.3. The minimum Gasteiger partial charge on any atom is -0.464 e. The Hall–Kier alpha value is -2.83. The minimum absolute atomic E-state index is 0.00988. The number of carbonyl (C=O) groups is 3. The van der Waals surface area contributed by atoms with Crippen molar-refractivity contribution in [1.29, 1.82) is 0 Å². The van der Waals surface area contributed by atoms with Gasteiger partial charge in [0.1, 0.15) is 11.1 Å². The molecule has 0 unspecified atom stereocenters. The number of amides is 4. The van der Waals surface area contributed by atoms with Crippen molar-refractivity contribution in [3.8, 4) is 0 Å². The van der Waals surface area contributed by atoms with Gasteiger partial charge in [-0.1, -0.05) is 19.1 Å². The number of hydrazine groups is 1. The summed E-state index contributed by atoms with van der Waals surface area (Å²) in [5.74, 6) is -0.918. The maximum atomic E-state index is 12.3. The van der Waals surface area contributed by atoms with E-state index in [1.165, 1.54) is 6.26 Å². The lowest BCUT2D eigenvalue weighted by Crippen LogP contribution is -2.49. The van der Waals surface area contributed by atoms with Crippen LogP contribution in [-0.4, -0.2) is 28.4 Å². The number of benzene rings is 1. The number of aryl methyl sites for hydroxylation is 1. The number of urea groups is 1. The Bertz CT molecular complexity index is 841. The largest absolute Gasteiger partial charge is 0.464 e. The summed E-state index contributed by atoms with van der Waals surface area (Å²) in [6, 6.07) is 5.09. The number of hydrogen-bond acceptors (Lipinski definition) is 4. The maximum absolute atomic E-state index is 12.3. The molecule has 2 N–H and O–H groups in total. The molecule has 3 rings (SSSR count). The smallest absolute Gasteiger partial charge is 0.344 e. The van der Waals surface area contributed by atoms with Crippen LogP contribution in [0.1, 0.15) is 31.4 Å². The Morgan fingerprint density at radius 2 is 2.12 bits per heavy atom. The van der Waals surface area contributed by atoms with Gasteiger partial charge in [0.25, 0.3) is 5.91 Å². The van der Waals surface area contributed by atoms with Crippen molar-refractivity contribution in [2.45, 2.75) is 39.2 Å². The molecule has 0 saturated carbocycles. The van der Waals surface area contributed by atoms with E-state index >= 15 is 0 Å². The van der Waals surface area contributed by atoms with Crippen LogP contribution in [0.4, 0.5) is 4.79 Å². The van der Waals surface area contributed by atoms with E-state index < -0.39 is 23.4 Å². The summed E-state index contributed by atoms with van der Waals surface area (Å²) in [6.07, 6.45) is 1.97. The van der Waals surface area contributed by atoms with Gasteiger partial charge < -0.3 is 9.73 Å². The van der Waals surface area contributed by atoms with Gasteiger partial charge in [0.05, 0.1) is 12.7 Å². The fourth-order valence-corrected chi connectivity index (χ4v) is 2.69. The summed E-state index contributed by atoms with van der Waals surface area (Å²) in [4.78, 5) is 36.4. The maximum Gasteiger partial charge on any atom is 0.344 e. The van der Waals surface area contributed by atoms with E-state index in [1.807, 2.05) is 25.1 Å². The van der Waals surface area contributed by atoms with Crippen molar-refractivity contribution in [3.05, 3.63) is 35.6 Å². The number of nitrogens with zero attached hydrogens (tertiary/aromatic N) is 1. The summed E-state index contributed by atoms with van der Waals surface area (Å²) < 4.78 is 5.45. The zero-order valence-electron chi connectivity index (χ0n) is 13.8. The molecule has 1 aromatic carbocycles. The van der Waals surface area contributed by atoms with Crippen LogP contribution in [0.5, 0.6) is 0 Å². The molecule has 7 heteroatoms. The molecule has 1 aliphatic rings. The number of imide groups is 1. The first kappa shape index (κ1) is 16.0. The van der Waals surface area contributed by atoms with E-state index in [0.717, 1.165) is 16.0 Å². The molecule has 126 valence electrons. The highest BCUT2D eigenvalue weighted by molar-refractivity contribution is 6.07. The molecule has 2 heterocycles. The molecular weight excluding hydrogens is 310 g/mol. The van der Waals surface area contributed by atoms with E-state index in [-0.39, 0.29) is 6.42 Å². The summed E-state index contributed by atoms with van der Waals surface area (Å²) in [6.45, 7) is 5.38. The highest BCUT2D eigenvalue weighted by Crippen LogP contribution is 2.23. The molecule has 1 fully saturated rings. The van der Waals surface area contributed by atoms with Gasteiger partial charge in [0.15, 0.2) is 0 Å². The minimum atomic E-state index is -0.982. The molecule has 1 aliphatic heterocycles. The van der Waals surface area contributed by atoms with E-state index in [0.29, 0.717) is 17.6 Å². The molecule has 2 aromatic rings. The SMILES string of the molecule is CC[C@]1(C)NC(=O)N(NC(=O)Cc2coc3cc(C)ccc23)C1=O. The predicted molar refractivity (Wildman–Crippen MR) is 86.9 cm³/mol. The molecule has 0 bridgehead atoms. The quantitative estimate of drug-likeness (QED) is 0.840. The van der Waals surface area contributed by atoms with E-state index in [1.54, 1.807) is 13.8 Å². The Kier molecular flexibility index (Phi) is 3.79. The Morgan fingerprint density at radius 3 is 2.79 bits per heavy atom. The van der Waals surface area contributed by atoms with E-state index in [4.69, 9.17) is 4.42 Å². The second-order valence-electron chi connectivity index (χ2n) is 6.23. The lowest BCUT2D eigenvalue weighted by molar-refractivity contribution is -0.138. The second-order valence-corrected chi connectivity index (χ2v) is 6.23. The summed E-state index contributed by atoms with van der Waals surface area (Å²) in [7, 11) is 0. The van der Waals surface area contributed by atoms with Gasteiger partial charge in [0.2, 0.25) is 5.91 Å². The Balaban J connectivity index is 1.74. The molecule has 24 heavy (non-hydrogen) atoms. The van der Waals surface area contributed by atoms with Gasteiger partial charge in [-0.3, -0.25) is 15.0 Å². The van der Waals surface area contributed by atoms with Crippen molar-refractivity contribution < 1.29 is 18.8 Å². The van der Waals surface area contributed by atoms with Crippen molar-refractivity contribution in [1.82, 2.24) is 15.8 Å². The van der Waals surface area contributed by atoms with Gasteiger partial charge in [-0.2, -0.15) is 5.01 Å². The first-order valence-corrected chi connectivity index (χ1v) is 7.77. The van der Waals surface area contributed by atoms with E-state index in [2.05, 4.69) is 10.7 Å². The van der Waals surface area contributed by atoms with Gasteiger partial charge in [0, 0.05) is 10.9 Å². The number of fused-ring (bicyclic) bond motifs is 1. The lowest BCUT2D eigenvalue weighted by atomic mass is 10.00. The third-order valence-corrected chi connectivity index (χ3v) is 4.37. The average Bonchev–Trinajstić information content (AvgIpc) is 3.02. The number of carbonyl (C=O) groups excluding carboxylic acids is 3. The number of rotatable bonds is 4. The lowest BCUT2D eigenvalue weighted by Gasteiger charge is -2.19. The molecule has 0 spiro atoms. The van der Waals surface area contributed by atoms with Gasteiger partial charge in [-0.15, -0.1) is 0 Å². The van der Waals surface area contributed by atoms with Crippen LogP contribution in [-0.2, 0) is 16.0 Å². The molecule has 1 saturated heterocycles.